The van der Waals surface area contributed by atoms with Crippen LogP contribution in [0, 0.1) is 0 Å². The third-order valence-electron chi connectivity index (χ3n) is 2.26. The fourth-order valence-corrected chi connectivity index (χ4v) is 1.30. The van der Waals surface area contributed by atoms with Crippen molar-refractivity contribution in [1.29, 1.82) is 0 Å². The fraction of sp³-hybridized carbons (Fsp3) is 0.462. The molecule has 0 amide bonds. The van der Waals surface area contributed by atoms with Crippen LogP contribution in [-0.2, 0) is 25.6 Å². The zero-order valence-corrected chi connectivity index (χ0v) is 10.6. The fourth-order valence-electron chi connectivity index (χ4n) is 1.30. The van der Waals surface area contributed by atoms with Gasteiger partial charge in [0, 0.05) is 7.11 Å². The highest BCUT2D eigenvalue weighted by Gasteiger charge is 2.07. The van der Waals surface area contributed by atoms with Gasteiger partial charge in [-0.25, -0.2) is 0 Å². The van der Waals surface area contributed by atoms with Crippen molar-refractivity contribution in [3.05, 3.63) is 29.8 Å². The molecule has 1 aromatic carbocycles. The third-order valence-corrected chi connectivity index (χ3v) is 2.26. The number of methoxy groups -OCH3 is 2. The summed E-state index contributed by atoms with van der Waals surface area (Å²) < 4.78 is 20.2. The maximum atomic E-state index is 10.7. The maximum absolute atomic E-state index is 10.7. The second-order valence-electron chi connectivity index (χ2n) is 3.61. The SMILES string of the molecule is COCO[C@H](C=O)COCc1ccc(OC)cc1. The van der Waals surface area contributed by atoms with Crippen LogP contribution < -0.4 is 4.74 Å². The zero-order valence-electron chi connectivity index (χ0n) is 10.6. The molecule has 0 N–H and O–H groups in total. The van der Waals surface area contributed by atoms with Crippen LogP contribution in [0.4, 0.5) is 0 Å². The van der Waals surface area contributed by atoms with Crippen LogP contribution in [0.1, 0.15) is 5.56 Å². The van der Waals surface area contributed by atoms with Gasteiger partial charge in [0.15, 0.2) is 6.29 Å². The average molecular weight is 254 g/mol. The summed E-state index contributed by atoms with van der Waals surface area (Å²) in [5.41, 5.74) is 1.01. The molecule has 1 aromatic rings. The zero-order chi connectivity index (χ0) is 13.2. The lowest BCUT2D eigenvalue weighted by molar-refractivity contribution is -0.135. The van der Waals surface area contributed by atoms with E-state index in [-0.39, 0.29) is 13.4 Å². The van der Waals surface area contributed by atoms with Gasteiger partial charge in [-0.05, 0) is 17.7 Å². The van der Waals surface area contributed by atoms with Crippen LogP contribution in [-0.4, -0.2) is 40.0 Å². The molecule has 0 saturated carbocycles. The molecule has 0 unspecified atom stereocenters. The maximum Gasteiger partial charge on any atom is 0.151 e. The lowest BCUT2D eigenvalue weighted by atomic mass is 10.2. The van der Waals surface area contributed by atoms with Crippen molar-refractivity contribution in [2.45, 2.75) is 12.7 Å². The van der Waals surface area contributed by atoms with E-state index in [1.165, 1.54) is 7.11 Å². The Hall–Kier alpha value is -1.43. The first-order valence-corrected chi connectivity index (χ1v) is 5.56. The van der Waals surface area contributed by atoms with Crippen LogP contribution in [0.2, 0.25) is 0 Å². The number of carbonyl (C=O) groups is 1. The van der Waals surface area contributed by atoms with Crippen LogP contribution in [0.25, 0.3) is 0 Å². The van der Waals surface area contributed by atoms with Crippen molar-refractivity contribution in [3.63, 3.8) is 0 Å². The van der Waals surface area contributed by atoms with Crippen LogP contribution in [0.15, 0.2) is 24.3 Å². The molecular formula is C13H18O5. The molecule has 0 radical (unpaired) electrons. The number of carbonyl (C=O) groups excluding carboxylic acids is 1. The second-order valence-corrected chi connectivity index (χ2v) is 3.61. The Morgan fingerprint density at radius 2 is 1.94 bits per heavy atom. The van der Waals surface area contributed by atoms with E-state index in [4.69, 9.17) is 18.9 Å². The Labute approximate surface area is 107 Å². The van der Waals surface area contributed by atoms with Crippen LogP contribution in [0.5, 0.6) is 5.75 Å². The summed E-state index contributed by atoms with van der Waals surface area (Å²) in [4.78, 5) is 10.7. The average Bonchev–Trinajstić information content (AvgIpc) is 2.43. The van der Waals surface area contributed by atoms with Gasteiger partial charge in [0.05, 0.1) is 20.3 Å². The monoisotopic (exact) mass is 254 g/mol. The molecule has 0 spiro atoms. The molecule has 100 valence electrons. The molecule has 0 aromatic heterocycles. The smallest absolute Gasteiger partial charge is 0.151 e. The van der Waals surface area contributed by atoms with Gasteiger partial charge < -0.3 is 23.7 Å². The van der Waals surface area contributed by atoms with Gasteiger partial charge in [0.25, 0.3) is 0 Å². The highest BCUT2D eigenvalue weighted by molar-refractivity contribution is 5.56. The molecule has 0 aliphatic carbocycles. The molecule has 1 atom stereocenters. The van der Waals surface area contributed by atoms with Crippen molar-refractivity contribution >= 4 is 6.29 Å². The van der Waals surface area contributed by atoms with Gasteiger partial charge >= 0.3 is 0 Å². The standard InChI is InChI=1S/C13H18O5/c1-15-10-18-13(7-14)9-17-8-11-3-5-12(16-2)6-4-11/h3-7,13H,8-10H2,1-2H3/t13-/m1/s1. The van der Waals surface area contributed by atoms with Gasteiger partial charge in [0.2, 0.25) is 0 Å². The van der Waals surface area contributed by atoms with E-state index in [1.54, 1.807) is 7.11 Å². The number of hydrogen-bond acceptors (Lipinski definition) is 5. The summed E-state index contributed by atoms with van der Waals surface area (Å²) >= 11 is 0. The topological polar surface area (TPSA) is 54.0 Å². The molecule has 5 nitrogen and oxygen atoms in total. The normalized spacial score (nSPS) is 12.1. The van der Waals surface area contributed by atoms with Gasteiger partial charge in [-0.2, -0.15) is 0 Å². The first-order valence-electron chi connectivity index (χ1n) is 5.56. The largest absolute Gasteiger partial charge is 0.497 e. The van der Waals surface area contributed by atoms with Crippen molar-refractivity contribution in [1.82, 2.24) is 0 Å². The van der Waals surface area contributed by atoms with E-state index in [2.05, 4.69) is 0 Å². The van der Waals surface area contributed by atoms with E-state index >= 15 is 0 Å². The molecule has 0 saturated heterocycles. The van der Waals surface area contributed by atoms with Crippen LogP contribution in [0.3, 0.4) is 0 Å². The van der Waals surface area contributed by atoms with Crippen molar-refractivity contribution in [3.8, 4) is 5.75 Å². The van der Waals surface area contributed by atoms with Crippen LogP contribution >= 0.6 is 0 Å². The third kappa shape index (κ3) is 5.27. The molecule has 0 bridgehead atoms. The number of benzene rings is 1. The van der Waals surface area contributed by atoms with Gasteiger partial charge in [-0.15, -0.1) is 0 Å². The minimum Gasteiger partial charge on any atom is -0.497 e. The Balaban J connectivity index is 2.28. The lowest BCUT2D eigenvalue weighted by Crippen LogP contribution is -2.22. The Morgan fingerprint density at radius 3 is 2.50 bits per heavy atom. The first-order chi connectivity index (χ1) is 8.80. The minimum absolute atomic E-state index is 0.0787. The molecule has 0 aliphatic rings. The molecule has 0 aliphatic heterocycles. The van der Waals surface area contributed by atoms with Gasteiger partial charge in [0.1, 0.15) is 18.6 Å². The van der Waals surface area contributed by atoms with Gasteiger partial charge in [-0.3, -0.25) is 0 Å². The Kier molecular flexibility index (Phi) is 7.01. The van der Waals surface area contributed by atoms with E-state index in [1.807, 2.05) is 24.3 Å². The molecular weight excluding hydrogens is 236 g/mol. The summed E-state index contributed by atoms with van der Waals surface area (Å²) in [6.07, 6.45) is 0.107. The van der Waals surface area contributed by atoms with E-state index in [0.717, 1.165) is 11.3 Å². The summed E-state index contributed by atoms with van der Waals surface area (Å²) in [5, 5.41) is 0. The number of ether oxygens (including phenoxy) is 4. The van der Waals surface area contributed by atoms with Crippen molar-refractivity contribution in [2.75, 3.05) is 27.6 Å². The molecule has 18 heavy (non-hydrogen) atoms. The first kappa shape index (κ1) is 14.6. The van der Waals surface area contributed by atoms with Crippen molar-refractivity contribution in [2.24, 2.45) is 0 Å². The van der Waals surface area contributed by atoms with E-state index in [9.17, 15) is 4.79 Å². The molecule has 1 rings (SSSR count). The number of aldehydes is 1. The molecule has 0 fully saturated rings. The number of rotatable bonds is 9. The highest BCUT2D eigenvalue weighted by Crippen LogP contribution is 2.11. The second kappa shape index (κ2) is 8.63. The number of hydrogen-bond donors (Lipinski definition) is 0. The minimum atomic E-state index is -0.594. The van der Waals surface area contributed by atoms with E-state index < -0.39 is 6.10 Å². The molecule has 0 heterocycles. The Morgan fingerprint density at radius 1 is 1.22 bits per heavy atom. The summed E-state index contributed by atoms with van der Waals surface area (Å²) in [7, 11) is 3.12. The quantitative estimate of drug-likeness (QED) is 0.492. The van der Waals surface area contributed by atoms with E-state index in [0.29, 0.717) is 12.9 Å². The van der Waals surface area contributed by atoms with Crippen molar-refractivity contribution < 1.29 is 23.7 Å². The van der Waals surface area contributed by atoms with Gasteiger partial charge in [-0.1, -0.05) is 12.1 Å². The summed E-state index contributed by atoms with van der Waals surface area (Å²) in [6.45, 7) is 0.707. The lowest BCUT2D eigenvalue weighted by Gasteiger charge is -2.11. The molecule has 5 heteroatoms. The summed E-state index contributed by atoms with van der Waals surface area (Å²) in [5.74, 6) is 0.799. The summed E-state index contributed by atoms with van der Waals surface area (Å²) in [6, 6.07) is 7.53. The predicted octanol–water partition coefficient (Wildman–Crippen LogP) is 1.40. The highest BCUT2D eigenvalue weighted by atomic mass is 16.7. The Bertz CT molecular complexity index is 336. The predicted molar refractivity (Wildman–Crippen MR) is 65.5 cm³/mol.